The largest absolute Gasteiger partial charge is 0.497 e. The van der Waals surface area contributed by atoms with Crippen molar-refractivity contribution in [2.45, 2.75) is 18.7 Å². The number of allylic oxidation sites excluding steroid dienone is 1. The number of benzene rings is 2. The molecule has 2 aromatic rings. The number of carbonyl (C=O) groups excluding carboxylic acids is 1. The van der Waals surface area contributed by atoms with Gasteiger partial charge < -0.3 is 14.8 Å². The third kappa shape index (κ3) is 4.92. The second-order valence-corrected chi connectivity index (χ2v) is 7.67. The zero-order valence-corrected chi connectivity index (χ0v) is 17.7. The number of thioether (sulfide) groups is 1. The molecule has 152 valence electrons. The Labute approximate surface area is 178 Å². The van der Waals surface area contributed by atoms with Crippen LogP contribution in [0.3, 0.4) is 0 Å². The summed E-state index contributed by atoms with van der Waals surface area (Å²) in [5.41, 5.74) is 2.60. The minimum Gasteiger partial charge on any atom is -0.497 e. The summed E-state index contributed by atoms with van der Waals surface area (Å²) in [6.07, 6.45) is 0. The quantitative estimate of drug-likeness (QED) is 0.680. The molecule has 0 aromatic heterocycles. The van der Waals surface area contributed by atoms with Crippen molar-refractivity contribution < 1.29 is 18.7 Å². The van der Waals surface area contributed by atoms with Gasteiger partial charge in [0.05, 0.1) is 19.8 Å². The smallest absolute Gasteiger partial charge is 0.338 e. The van der Waals surface area contributed by atoms with E-state index in [1.807, 2.05) is 24.3 Å². The Morgan fingerprint density at radius 3 is 2.59 bits per heavy atom. The van der Waals surface area contributed by atoms with Crippen molar-refractivity contribution in [2.24, 2.45) is 4.99 Å². The van der Waals surface area contributed by atoms with Gasteiger partial charge in [0.15, 0.2) is 5.17 Å². The molecule has 1 aliphatic heterocycles. The maximum Gasteiger partial charge on any atom is 0.338 e. The monoisotopic (exact) mass is 434 g/mol. The predicted molar refractivity (Wildman–Crippen MR) is 114 cm³/mol. The molecule has 5 nitrogen and oxygen atoms in total. The molecule has 0 spiro atoms. The molecule has 0 bridgehead atoms. The van der Waals surface area contributed by atoms with E-state index >= 15 is 0 Å². The lowest BCUT2D eigenvalue weighted by Gasteiger charge is -2.26. The van der Waals surface area contributed by atoms with Crippen molar-refractivity contribution in [2.75, 3.05) is 14.2 Å². The molecule has 1 N–H and O–H groups in total. The van der Waals surface area contributed by atoms with Crippen molar-refractivity contribution >= 4 is 34.5 Å². The zero-order chi connectivity index (χ0) is 21.0. The van der Waals surface area contributed by atoms with Crippen LogP contribution in [0.15, 0.2) is 58.7 Å². The minimum atomic E-state index is -0.685. The summed E-state index contributed by atoms with van der Waals surface area (Å²) in [5, 5.41) is 3.99. The molecule has 1 atom stereocenters. The Balaban J connectivity index is 1.88. The van der Waals surface area contributed by atoms with E-state index in [1.54, 1.807) is 20.1 Å². The van der Waals surface area contributed by atoms with E-state index in [2.05, 4.69) is 10.3 Å². The van der Waals surface area contributed by atoms with Crippen LogP contribution in [0.25, 0.3) is 0 Å². The molecule has 1 heterocycles. The number of hydrogen-bond donors (Lipinski definition) is 1. The number of aliphatic imine (C=N–C) groups is 1. The lowest BCUT2D eigenvalue weighted by atomic mass is 9.96. The van der Waals surface area contributed by atoms with Crippen LogP contribution in [0.2, 0.25) is 5.02 Å². The summed E-state index contributed by atoms with van der Waals surface area (Å²) in [4.78, 5) is 17.0. The summed E-state index contributed by atoms with van der Waals surface area (Å²) >= 11 is 7.74. The molecule has 0 amide bonds. The summed E-state index contributed by atoms with van der Waals surface area (Å²) in [6.45, 7) is 1.78. The normalized spacial score (nSPS) is 16.2. The van der Waals surface area contributed by atoms with E-state index in [9.17, 15) is 9.18 Å². The molecule has 0 fully saturated rings. The average Bonchev–Trinajstić information content (AvgIpc) is 2.71. The number of halogens is 2. The second kappa shape index (κ2) is 9.33. The molecule has 1 aliphatic rings. The van der Waals surface area contributed by atoms with Crippen molar-refractivity contribution in [3.8, 4) is 5.75 Å². The number of nitrogens with one attached hydrogen (secondary N) is 1. The molecule has 1 unspecified atom stereocenters. The summed E-state index contributed by atoms with van der Waals surface area (Å²) < 4.78 is 23.6. The third-order valence-corrected chi connectivity index (χ3v) is 5.70. The Bertz CT molecular complexity index is 976. The predicted octanol–water partition coefficient (Wildman–Crippen LogP) is 4.87. The molecular formula is C21H20ClFN2O3S. The van der Waals surface area contributed by atoms with Gasteiger partial charge in [-0.15, -0.1) is 0 Å². The standard InChI is InChI=1S/C21H20ClFN2O3S/c1-12-18(20(26)28-3)19(16-9-6-14(23)10-17(16)22)25-21(24-12)29-11-13-4-7-15(27-2)8-5-13/h4-10,19H,11H2,1-3H3,(H,24,25). The van der Waals surface area contributed by atoms with Crippen LogP contribution in [0.4, 0.5) is 4.39 Å². The van der Waals surface area contributed by atoms with E-state index in [0.717, 1.165) is 11.3 Å². The summed E-state index contributed by atoms with van der Waals surface area (Å²) in [7, 11) is 2.93. The Kier molecular flexibility index (Phi) is 6.82. The number of methoxy groups -OCH3 is 2. The van der Waals surface area contributed by atoms with Crippen LogP contribution in [-0.2, 0) is 15.3 Å². The van der Waals surface area contributed by atoms with Gasteiger partial charge in [-0.2, -0.15) is 0 Å². The van der Waals surface area contributed by atoms with E-state index in [4.69, 9.17) is 21.1 Å². The minimum absolute atomic E-state index is 0.203. The highest BCUT2D eigenvalue weighted by Crippen LogP contribution is 2.37. The lowest BCUT2D eigenvalue weighted by molar-refractivity contribution is -0.136. The van der Waals surface area contributed by atoms with Crippen molar-refractivity contribution in [1.29, 1.82) is 0 Å². The van der Waals surface area contributed by atoms with Gasteiger partial charge in [-0.25, -0.2) is 14.2 Å². The van der Waals surface area contributed by atoms with E-state index in [1.165, 1.54) is 31.0 Å². The zero-order valence-electron chi connectivity index (χ0n) is 16.2. The van der Waals surface area contributed by atoms with Crippen molar-refractivity contribution in [3.05, 3.63) is 75.7 Å². The van der Waals surface area contributed by atoms with Crippen LogP contribution < -0.4 is 10.1 Å². The van der Waals surface area contributed by atoms with Crippen molar-refractivity contribution in [3.63, 3.8) is 0 Å². The van der Waals surface area contributed by atoms with Gasteiger partial charge in [-0.3, -0.25) is 0 Å². The Morgan fingerprint density at radius 1 is 1.24 bits per heavy atom. The molecule has 8 heteroatoms. The number of ether oxygens (including phenoxy) is 2. The van der Waals surface area contributed by atoms with Gasteiger partial charge in [0, 0.05) is 22.0 Å². The molecule has 0 saturated heterocycles. The Hall–Kier alpha value is -2.51. The van der Waals surface area contributed by atoms with Crippen molar-refractivity contribution in [1.82, 2.24) is 5.32 Å². The maximum absolute atomic E-state index is 13.5. The number of amidine groups is 1. The highest BCUT2D eigenvalue weighted by Gasteiger charge is 2.31. The topological polar surface area (TPSA) is 59.9 Å². The second-order valence-electron chi connectivity index (χ2n) is 6.29. The fraction of sp³-hybridized carbons (Fsp3) is 0.238. The van der Waals surface area contributed by atoms with Crippen LogP contribution in [0, 0.1) is 5.82 Å². The van der Waals surface area contributed by atoms with Gasteiger partial charge >= 0.3 is 5.97 Å². The fourth-order valence-electron chi connectivity index (χ4n) is 2.92. The fourth-order valence-corrected chi connectivity index (χ4v) is 4.09. The summed E-state index contributed by atoms with van der Waals surface area (Å²) in [5.74, 6) is 0.495. The van der Waals surface area contributed by atoms with Gasteiger partial charge in [-0.1, -0.05) is 41.6 Å². The number of hydrogen-bond acceptors (Lipinski definition) is 6. The average molecular weight is 435 g/mol. The number of esters is 1. The van der Waals surface area contributed by atoms with E-state index < -0.39 is 17.8 Å². The SMILES string of the molecule is COC(=O)C1=C(C)NC(SCc2ccc(OC)cc2)=NC1c1ccc(F)cc1Cl. The first-order valence-corrected chi connectivity index (χ1v) is 10.1. The first-order valence-electron chi connectivity index (χ1n) is 8.77. The molecule has 2 aromatic carbocycles. The molecule has 0 saturated carbocycles. The Morgan fingerprint density at radius 2 is 1.97 bits per heavy atom. The summed E-state index contributed by atoms with van der Waals surface area (Å²) in [6, 6.07) is 11.1. The number of rotatable bonds is 5. The number of carbonyl (C=O) groups is 1. The number of nitrogens with zero attached hydrogens (tertiary/aromatic N) is 1. The maximum atomic E-state index is 13.5. The van der Waals surface area contributed by atoms with Gasteiger partial charge in [0.2, 0.25) is 0 Å². The van der Waals surface area contributed by atoms with E-state index in [0.29, 0.717) is 27.8 Å². The third-order valence-electron chi connectivity index (χ3n) is 4.42. The van der Waals surface area contributed by atoms with E-state index in [-0.39, 0.29) is 5.02 Å². The molecule has 0 radical (unpaired) electrons. The molecule has 29 heavy (non-hydrogen) atoms. The molecule has 0 aliphatic carbocycles. The first-order chi connectivity index (χ1) is 13.9. The molecule has 3 rings (SSSR count). The van der Waals surface area contributed by atoms with Crippen LogP contribution in [0.1, 0.15) is 24.1 Å². The van der Waals surface area contributed by atoms with Gasteiger partial charge in [0.1, 0.15) is 17.6 Å². The molecular weight excluding hydrogens is 415 g/mol. The highest BCUT2D eigenvalue weighted by molar-refractivity contribution is 8.13. The first kappa shape index (κ1) is 21.2. The van der Waals surface area contributed by atoms with Crippen LogP contribution in [-0.4, -0.2) is 25.4 Å². The highest BCUT2D eigenvalue weighted by atomic mass is 35.5. The van der Waals surface area contributed by atoms with Gasteiger partial charge in [-0.05, 0) is 36.8 Å². The lowest BCUT2D eigenvalue weighted by Crippen LogP contribution is -2.30. The van der Waals surface area contributed by atoms with Gasteiger partial charge in [0.25, 0.3) is 0 Å². The van der Waals surface area contributed by atoms with Crippen LogP contribution in [0.5, 0.6) is 5.75 Å². The van der Waals surface area contributed by atoms with Crippen LogP contribution >= 0.6 is 23.4 Å².